The molecule has 0 aliphatic carbocycles. The summed E-state index contributed by atoms with van der Waals surface area (Å²) in [5.74, 6) is -3.52. The number of esters is 1. The molecule has 29 heavy (non-hydrogen) atoms. The van der Waals surface area contributed by atoms with Crippen LogP contribution in [-0.2, 0) is 14.3 Å². The zero-order valence-corrected chi connectivity index (χ0v) is 18.5. The van der Waals surface area contributed by atoms with Gasteiger partial charge in [0.05, 0.1) is 10.7 Å². The Balaban J connectivity index is 1.99. The maximum Gasteiger partial charge on any atom is 0.349 e. The van der Waals surface area contributed by atoms with Crippen LogP contribution in [0.25, 0.3) is 0 Å². The summed E-state index contributed by atoms with van der Waals surface area (Å²) < 4.78 is 31.8. The van der Waals surface area contributed by atoms with Gasteiger partial charge in [0.1, 0.15) is 10.7 Å². The second-order valence-electron chi connectivity index (χ2n) is 7.20. The molecule has 0 atom stereocenters. The number of carbonyl (C=O) groups excluding carboxylic acids is 3. The minimum Gasteiger partial charge on any atom is -0.451 e. The van der Waals surface area contributed by atoms with Crippen LogP contribution in [-0.4, -0.2) is 24.4 Å². The molecule has 0 saturated carbocycles. The number of nitrogens with one attached hydrogen (secondary N) is 2. The molecule has 2 N–H and O–H groups in total. The molecule has 156 valence electrons. The highest BCUT2D eigenvalue weighted by atomic mass is 79.9. The Hall–Kier alpha value is -2.33. The Morgan fingerprint density at radius 2 is 1.79 bits per heavy atom. The number of hydrogen-bond donors (Lipinski definition) is 2. The van der Waals surface area contributed by atoms with Gasteiger partial charge in [-0.15, -0.1) is 11.3 Å². The van der Waals surface area contributed by atoms with Crippen molar-refractivity contribution in [1.29, 1.82) is 0 Å². The average Bonchev–Trinajstić information content (AvgIpc) is 2.95. The molecule has 0 aliphatic rings. The van der Waals surface area contributed by atoms with Crippen molar-refractivity contribution in [3.05, 3.63) is 44.7 Å². The molecule has 10 heteroatoms. The molecule has 0 aliphatic heterocycles. The monoisotopic (exact) mass is 488 g/mol. The molecule has 0 unspecified atom stereocenters. The molecule has 0 spiro atoms. The van der Waals surface area contributed by atoms with Crippen molar-refractivity contribution < 1.29 is 27.9 Å². The van der Waals surface area contributed by atoms with E-state index in [2.05, 4.69) is 26.6 Å². The van der Waals surface area contributed by atoms with Crippen LogP contribution in [0.2, 0.25) is 0 Å². The maximum absolute atomic E-state index is 13.8. The van der Waals surface area contributed by atoms with Crippen LogP contribution in [0, 0.1) is 24.0 Å². The number of ether oxygens (including phenoxy) is 1. The summed E-state index contributed by atoms with van der Waals surface area (Å²) in [5.41, 5.74) is -0.274. The highest BCUT2D eigenvalue weighted by Crippen LogP contribution is 2.29. The molecule has 1 aromatic heterocycles. The average molecular weight is 489 g/mol. The summed E-state index contributed by atoms with van der Waals surface area (Å²) in [7, 11) is 0. The summed E-state index contributed by atoms with van der Waals surface area (Å²) in [5, 5.41) is 5.43. The van der Waals surface area contributed by atoms with Crippen molar-refractivity contribution in [1.82, 2.24) is 0 Å². The molecule has 0 radical (unpaired) electrons. The quantitative estimate of drug-likeness (QED) is 0.587. The number of carbonyl (C=O) groups is 3. The summed E-state index contributed by atoms with van der Waals surface area (Å²) in [6.45, 7) is 6.30. The van der Waals surface area contributed by atoms with Gasteiger partial charge < -0.3 is 15.4 Å². The minimum absolute atomic E-state index is 0.0167. The van der Waals surface area contributed by atoms with E-state index in [1.807, 2.05) is 0 Å². The van der Waals surface area contributed by atoms with E-state index < -0.39 is 35.5 Å². The highest BCUT2D eigenvalue weighted by molar-refractivity contribution is 9.10. The molecule has 2 amide bonds. The van der Waals surface area contributed by atoms with Crippen molar-refractivity contribution in [2.75, 3.05) is 17.2 Å². The summed E-state index contributed by atoms with van der Waals surface area (Å²) in [4.78, 5) is 36.5. The lowest BCUT2D eigenvalue weighted by molar-refractivity contribution is -0.123. The van der Waals surface area contributed by atoms with Crippen LogP contribution in [0.5, 0.6) is 0 Å². The van der Waals surface area contributed by atoms with Gasteiger partial charge in [0.15, 0.2) is 12.4 Å². The van der Waals surface area contributed by atoms with Gasteiger partial charge in [-0.25, -0.2) is 13.6 Å². The van der Waals surface area contributed by atoms with Gasteiger partial charge in [0.2, 0.25) is 5.91 Å². The van der Waals surface area contributed by atoms with Gasteiger partial charge in [-0.3, -0.25) is 9.59 Å². The first-order chi connectivity index (χ1) is 13.4. The van der Waals surface area contributed by atoms with Gasteiger partial charge in [-0.2, -0.15) is 0 Å². The van der Waals surface area contributed by atoms with Crippen LogP contribution in [0.4, 0.5) is 19.5 Å². The minimum atomic E-state index is -0.968. The fourth-order valence-electron chi connectivity index (χ4n) is 2.08. The number of thiophene rings is 1. The van der Waals surface area contributed by atoms with E-state index in [0.29, 0.717) is 16.6 Å². The standard InChI is InChI=1S/C19H19BrF2N2O4S/c1-9-5-14(24-18(27)19(2,3)4)29-16(9)17(26)28-8-13(25)23-15-11(20)6-10(21)7-12(15)22/h5-7H,8H2,1-4H3,(H,23,25)(H,24,27). The van der Waals surface area contributed by atoms with E-state index in [9.17, 15) is 23.2 Å². The Bertz CT molecular complexity index is 947. The number of anilines is 2. The topological polar surface area (TPSA) is 84.5 Å². The molecule has 6 nitrogen and oxygen atoms in total. The van der Waals surface area contributed by atoms with E-state index in [1.165, 1.54) is 0 Å². The van der Waals surface area contributed by atoms with Gasteiger partial charge in [0, 0.05) is 16.0 Å². The lowest BCUT2D eigenvalue weighted by Gasteiger charge is -2.16. The van der Waals surface area contributed by atoms with Gasteiger partial charge in [0.25, 0.3) is 5.91 Å². The van der Waals surface area contributed by atoms with E-state index in [4.69, 9.17) is 4.74 Å². The second kappa shape index (κ2) is 9.00. The summed E-state index contributed by atoms with van der Waals surface area (Å²) in [6, 6.07) is 3.25. The van der Waals surface area contributed by atoms with E-state index in [1.54, 1.807) is 33.8 Å². The lowest BCUT2D eigenvalue weighted by Crippen LogP contribution is -2.27. The number of amides is 2. The Kier molecular flexibility index (Phi) is 7.12. The SMILES string of the molecule is Cc1cc(NC(=O)C(C)(C)C)sc1C(=O)OCC(=O)Nc1c(F)cc(F)cc1Br. The van der Waals surface area contributed by atoms with Gasteiger partial charge in [-0.1, -0.05) is 20.8 Å². The first kappa shape index (κ1) is 23.0. The molecule has 0 fully saturated rings. The highest BCUT2D eigenvalue weighted by Gasteiger charge is 2.23. The Morgan fingerprint density at radius 3 is 2.38 bits per heavy atom. The molecule has 1 aromatic carbocycles. The smallest absolute Gasteiger partial charge is 0.349 e. The third-order valence-electron chi connectivity index (χ3n) is 3.63. The van der Waals surface area contributed by atoms with Crippen LogP contribution >= 0.6 is 27.3 Å². The van der Waals surface area contributed by atoms with Gasteiger partial charge >= 0.3 is 5.97 Å². The molecule has 2 rings (SSSR count). The lowest BCUT2D eigenvalue weighted by atomic mass is 9.96. The number of halogens is 3. The zero-order chi connectivity index (χ0) is 21.9. The fraction of sp³-hybridized carbons (Fsp3) is 0.316. The van der Waals surface area contributed by atoms with Crippen molar-refractivity contribution in [2.24, 2.45) is 5.41 Å². The van der Waals surface area contributed by atoms with Crippen LogP contribution < -0.4 is 10.6 Å². The third kappa shape index (κ3) is 6.07. The number of hydrogen-bond acceptors (Lipinski definition) is 5. The first-order valence-electron chi connectivity index (χ1n) is 8.42. The summed E-state index contributed by atoms with van der Waals surface area (Å²) in [6.07, 6.45) is 0. The summed E-state index contributed by atoms with van der Waals surface area (Å²) >= 11 is 3.98. The van der Waals surface area contributed by atoms with Crippen LogP contribution in [0.3, 0.4) is 0 Å². The Morgan fingerprint density at radius 1 is 1.14 bits per heavy atom. The second-order valence-corrected chi connectivity index (χ2v) is 9.10. The molecule has 0 saturated heterocycles. The molecular weight excluding hydrogens is 470 g/mol. The molecule has 2 aromatic rings. The largest absolute Gasteiger partial charge is 0.451 e. The molecular formula is C19H19BrF2N2O4S. The zero-order valence-electron chi connectivity index (χ0n) is 16.1. The van der Waals surface area contributed by atoms with E-state index in [-0.39, 0.29) is 20.9 Å². The number of rotatable bonds is 5. The number of benzene rings is 1. The van der Waals surface area contributed by atoms with Crippen LogP contribution in [0.15, 0.2) is 22.7 Å². The van der Waals surface area contributed by atoms with Gasteiger partial charge in [-0.05, 0) is 40.5 Å². The predicted octanol–water partition coefficient (Wildman–Crippen LogP) is 4.88. The predicted molar refractivity (Wildman–Crippen MR) is 110 cm³/mol. The van der Waals surface area contributed by atoms with Crippen LogP contribution in [0.1, 0.15) is 36.0 Å². The van der Waals surface area contributed by atoms with E-state index in [0.717, 1.165) is 17.4 Å². The van der Waals surface area contributed by atoms with Crippen molar-refractivity contribution in [2.45, 2.75) is 27.7 Å². The normalized spacial score (nSPS) is 11.1. The fourth-order valence-corrected chi connectivity index (χ4v) is 3.55. The Labute approximate surface area is 178 Å². The molecule has 0 bridgehead atoms. The van der Waals surface area contributed by atoms with Crippen molar-refractivity contribution in [3.63, 3.8) is 0 Å². The van der Waals surface area contributed by atoms with E-state index >= 15 is 0 Å². The maximum atomic E-state index is 13.8. The number of aryl methyl sites for hydroxylation is 1. The van der Waals surface area contributed by atoms with Crippen molar-refractivity contribution >= 4 is 55.7 Å². The molecule has 1 heterocycles. The van der Waals surface area contributed by atoms with Crippen molar-refractivity contribution in [3.8, 4) is 0 Å². The third-order valence-corrected chi connectivity index (χ3v) is 5.38. The first-order valence-corrected chi connectivity index (χ1v) is 10.0.